The molecule has 1 amide bonds. The van der Waals surface area contributed by atoms with E-state index < -0.39 is 17.2 Å². The zero-order chi connectivity index (χ0) is 20.4. The maximum Gasteiger partial charge on any atom is 0.331 e. The van der Waals surface area contributed by atoms with E-state index in [2.05, 4.69) is 29.2 Å². The van der Waals surface area contributed by atoms with Crippen LogP contribution in [-0.2, 0) is 33.7 Å². The molecule has 28 heavy (non-hydrogen) atoms. The Bertz CT molecular complexity index is 985. The Labute approximate surface area is 163 Å². The number of nitrogens with one attached hydrogen (secondary N) is 1. The predicted octanol–water partition coefficient (Wildman–Crippen LogP) is 0.0722. The van der Waals surface area contributed by atoms with Crippen LogP contribution in [-0.4, -0.2) is 42.8 Å². The fraction of sp³-hybridized carbons (Fsp3) is 0.579. The largest absolute Gasteiger partial charge is 0.345 e. The predicted molar refractivity (Wildman–Crippen MR) is 105 cm³/mol. The number of rotatable bonds is 5. The molecule has 2 aromatic rings. The maximum atomic E-state index is 12.5. The van der Waals surface area contributed by atoms with Crippen molar-refractivity contribution in [2.75, 3.05) is 13.1 Å². The number of nitrogens with zero attached hydrogens (tertiary/aromatic N) is 5. The second-order valence-corrected chi connectivity index (χ2v) is 7.78. The van der Waals surface area contributed by atoms with Crippen molar-refractivity contribution in [2.45, 2.75) is 39.9 Å². The van der Waals surface area contributed by atoms with Crippen LogP contribution in [0.5, 0.6) is 0 Å². The second-order valence-electron chi connectivity index (χ2n) is 7.78. The lowest BCUT2D eigenvalue weighted by Gasteiger charge is -2.21. The number of fused-ring (bicyclic) bond motifs is 1. The molecule has 0 unspecified atom stereocenters. The summed E-state index contributed by atoms with van der Waals surface area (Å²) in [5.41, 5.74) is 0.910. The lowest BCUT2D eigenvalue weighted by Crippen LogP contribution is -2.41. The van der Waals surface area contributed by atoms with Crippen molar-refractivity contribution in [1.82, 2.24) is 29.1 Å². The van der Waals surface area contributed by atoms with E-state index in [0.29, 0.717) is 5.92 Å². The van der Waals surface area contributed by atoms with E-state index in [1.54, 1.807) is 0 Å². The fourth-order valence-corrected chi connectivity index (χ4v) is 3.56. The van der Waals surface area contributed by atoms with Crippen LogP contribution < -0.4 is 16.6 Å². The molecule has 3 heterocycles. The first-order valence-electron chi connectivity index (χ1n) is 9.59. The molecule has 1 aliphatic rings. The molecule has 152 valence electrons. The summed E-state index contributed by atoms with van der Waals surface area (Å²) >= 11 is 0. The highest BCUT2D eigenvalue weighted by Gasteiger charge is 2.18. The molecule has 0 atom stereocenters. The van der Waals surface area contributed by atoms with E-state index in [0.717, 1.165) is 48.6 Å². The van der Waals surface area contributed by atoms with E-state index in [-0.39, 0.29) is 12.2 Å². The summed E-state index contributed by atoms with van der Waals surface area (Å²) in [6.07, 6.45) is 1.04. The number of hydrogen-bond acceptors (Lipinski definition) is 5. The van der Waals surface area contributed by atoms with Gasteiger partial charge in [0.25, 0.3) is 11.5 Å². The highest BCUT2D eigenvalue weighted by molar-refractivity contribution is 5.92. The topological polar surface area (TPSA) is 94.2 Å². The quantitative estimate of drug-likeness (QED) is 0.782. The van der Waals surface area contributed by atoms with E-state index in [4.69, 9.17) is 0 Å². The van der Waals surface area contributed by atoms with Gasteiger partial charge >= 0.3 is 5.69 Å². The Morgan fingerprint density at radius 2 is 1.93 bits per heavy atom. The molecule has 3 rings (SSSR count). The zero-order valence-electron chi connectivity index (χ0n) is 16.9. The Balaban J connectivity index is 1.70. The average molecular weight is 388 g/mol. The van der Waals surface area contributed by atoms with Gasteiger partial charge in [-0.25, -0.2) is 4.79 Å². The lowest BCUT2D eigenvalue weighted by atomic mass is 10.2. The number of aryl methyl sites for hydroxylation is 1. The Morgan fingerprint density at radius 3 is 2.64 bits per heavy atom. The van der Waals surface area contributed by atoms with Gasteiger partial charge < -0.3 is 5.32 Å². The van der Waals surface area contributed by atoms with Gasteiger partial charge in [0.2, 0.25) is 0 Å². The van der Waals surface area contributed by atoms with E-state index in [1.807, 2.05) is 10.7 Å². The van der Waals surface area contributed by atoms with Crippen LogP contribution in [0.25, 0.3) is 0 Å². The molecule has 0 aromatic carbocycles. The van der Waals surface area contributed by atoms with Crippen LogP contribution in [0.4, 0.5) is 0 Å². The second kappa shape index (κ2) is 8.14. The molecule has 1 aliphatic heterocycles. The number of aromatic nitrogens is 4. The number of amides is 1. The molecule has 9 heteroatoms. The van der Waals surface area contributed by atoms with Crippen LogP contribution in [0.3, 0.4) is 0 Å². The standard InChI is InChI=1S/C19H28N6O3/c1-13(2)11-24-6-5-7-25-15(12-24)8-14(21-25)10-20-18(27)16-9-17(26)23(4)19(28)22(16)3/h8-9,13H,5-7,10-12H2,1-4H3,(H,20,27). The highest BCUT2D eigenvalue weighted by atomic mass is 16.2. The van der Waals surface area contributed by atoms with Gasteiger partial charge in [-0.1, -0.05) is 13.8 Å². The average Bonchev–Trinajstić information content (AvgIpc) is 2.92. The first-order valence-corrected chi connectivity index (χ1v) is 9.59. The fourth-order valence-electron chi connectivity index (χ4n) is 3.56. The normalized spacial score (nSPS) is 14.8. The zero-order valence-corrected chi connectivity index (χ0v) is 16.9. The maximum absolute atomic E-state index is 12.5. The molecule has 2 aromatic heterocycles. The van der Waals surface area contributed by atoms with Crippen LogP contribution in [0.15, 0.2) is 21.7 Å². The Kier molecular flexibility index (Phi) is 5.83. The molecule has 0 saturated carbocycles. The van der Waals surface area contributed by atoms with Crippen molar-refractivity contribution in [3.8, 4) is 0 Å². The smallest absolute Gasteiger partial charge is 0.331 e. The monoisotopic (exact) mass is 388 g/mol. The number of carbonyl (C=O) groups excluding carboxylic acids is 1. The van der Waals surface area contributed by atoms with Crippen LogP contribution in [0, 0.1) is 5.92 Å². The number of carbonyl (C=O) groups is 1. The first-order chi connectivity index (χ1) is 13.3. The lowest BCUT2D eigenvalue weighted by molar-refractivity contribution is 0.0940. The molecular weight excluding hydrogens is 360 g/mol. The van der Waals surface area contributed by atoms with Crippen molar-refractivity contribution in [2.24, 2.45) is 20.0 Å². The summed E-state index contributed by atoms with van der Waals surface area (Å²) in [5.74, 6) is 0.139. The molecule has 0 spiro atoms. The van der Waals surface area contributed by atoms with Crippen LogP contribution in [0.1, 0.15) is 42.1 Å². The summed E-state index contributed by atoms with van der Waals surface area (Å²) in [7, 11) is 2.85. The van der Waals surface area contributed by atoms with Crippen molar-refractivity contribution in [1.29, 1.82) is 0 Å². The Hall–Kier alpha value is -2.68. The van der Waals surface area contributed by atoms with E-state index >= 15 is 0 Å². The molecule has 0 saturated heterocycles. The molecule has 1 N–H and O–H groups in total. The first kappa shape index (κ1) is 20.1. The van der Waals surface area contributed by atoms with Crippen molar-refractivity contribution in [3.05, 3.63) is 50.1 Å². The summed E-state index contributed by atoms with van der Waals surface area (Å²) in [5, 5.41) is 7.36. The summed E-state index contributed by atoms with van der Waals surface area (Å²) in [4.78, 5) is 38.7. The summed E-state index contributed by atoms with van der Waals surface area (Å²) in [6, 6.07) is 3.19. The van der Waals surface area contributed by atoms with Crippen LogP contribution >= 0.6 is 0 Å². The van der Waals surface area contributed by atoms with Crippen LogP contribution in [0.2, 0.25) is 0 Å². The minimum atomic E-state index is -0.531. The van der Waals surface area contributed by atoms with E-state index in [9.17, 15) is 14.4 Å². The SMILES string of the molecule is CC(C)CN1CCCn2nc(CNC(=O)c3cc(=O)n(C)c(=O)n3C)cc2C1. The van der Waals surface area contributed by atoms with Gasteiger partial charge in [0.1, 0.15) is 5.69 Å². The third kappa shape index (κ3) is 4.24. The molecule has 9 nitrogen and oxygen atoms in total. The minimum absolute atomic E-state index is 0.0389. The minimum Gasteiger partial charge on any atom is -0.345 e. The Morgan fingerprint density at radius 1 is 1.18 bits per heavy atom. The van der Waals surface area contributed by atoms with Gasteiger partial charge in [0.15, 0.2) is 0 Å². The van der Waals surface area contributed by atoms with Gasteiger partial charge in [0, 0.05) is 46.3 Å². The van der Waals surface area contributed by atoms with Gasteiger partial charge in [-0.2, -0.15) is 5.10 Å². The van der Waals surface area contributed by atoms with Crippen molar-refractivity contribution in [3.63, 3.8) is 0 Å². The van der Waals surface area contributed by atoms with Gasteiger partial charge in [0.05, 0.1) is 17.9 Å². The third-order valence-electron chi connectivity index (χ3n) is 4.96. The van der Waals surface area contributed by atoms with Crippen molar-refractivity contribution < 1.29 is 4.79 Å². The van der Waals surface area contributed by atoms with Crippen molar-refractivity contribution >= 4 is 5.91 Å². The van der Waals surface area contributed by atoms with Gasteiger partial charge in [-0.15, -0.1) is 0 Å². The highest BCUT2D eigenvalue weighted by Crippen LogP contribution is 2.15. The molecule has 0 aliphatic carbocycles. The van der Waals surface area contributed by atoms with Gasteiger partial charge in [-0.05, 0) is 18.4 Å². The molecular formula is C19H28N6O3. The third-order valence-corrected chi connectivity index (χ3v) is 4.96. The van der Waals surface area contributed by atoms with E-state index in [1.165, 1.54) is 24.7 Å². The molecule has 0 radical (unpaired) electrons. The molecule has 0 bridgehead atoms. The summed E-state index contributed by atoms with van der Waals surface area (Å²) < 4.78 is 4.14. The number of hydrogen-bond donors (Lipinski definition) is 1. The van der Waals surface area contributed by atoms with Gasteiger partial charge in [-0.3, -0.25) is 28.3 Å². The molecule has 0 fully saturated rings. The summed E-state index contributed by atoms with van der Waals surface area (Å²) in [6.45, 7) is 8.50.